The molecule has 2 saturated heterocycles. The summed E-state index contributed by atoms with van der Waals surface area (Å²) in [5.74, 6) is 1.47. The summed E-state index contributed by atoms with van der Waals surface area (Å²) in [4.78, 5) is 30.5. The largest absolute Gasteiger partial charge is 0.342 e. The number of amides is 2. The highest BCUT2D eigenvalue weighted by Gasteiger charge is 2.69. The number of likely N-dealkylation sites (tertiary alicyclic amines) is 2. The third-order valence-electron chi connectivity index (χ3n) is 8.46. The van der Waals surface area contributed by atoms with Crippen LogP contribution in [0.4, 0.5) is 0 Å². The Kier molecular flexibility index (Phi) is 3.80. The maximum Gasteiger partial charge on any atom is 0.230 e. The van der Waals surface area contributed by atoms with Crippen molar-refractivity contribution in [1.29, 1.82) is 0 Å². The summed E-state index contributed by atoms with van der Waals surface area (Å²) in [5, 5.41) is 0. The molecule has 0 N–H and O–H groups in total. The maximum absolute atomic E-state index is 13.2. The molecule has 2 saturated carbocycles. The van der Waals surface area contributed by atoms with Crippen molar-refractivity contribution in [3.05, 3.63) is 0 Å². The van der Waals surface area contributed by atoms with E-state index in [4.69, 9.17) is 0 Å². The van der Waals surface area contributed by atoms with Gasteiger partial charge in [-0.05, 0) is 48.9 Å². The summed E-state index contributed by atoms with van der Waals surface area (Å²) in [7, 11) is 0. The average Bonchev–Trinajstić information content (AvgIpc) is 2.82. The first-order valence-corrected chi connectivity index (χ1v) is 10.3. The van der Waals surface area contributed by atoms with Crippen molar-refractivity contribution >= 4 is 11.8 Å². The van der Waals surface area contributed by atoms with E-state index in [0.29, 0.717) is 12.5 Å². The normalized spacial score (nSPS) is 34.5. The van der Waals surface area contributed by atoms with Gasteiger partial charge < -0.3 is 9.80 Å². The second-order valence-corrected chi connectivity index (χ2v) is 10.3. The Hall–Kier alpha value is -1.06. The van der Waals surface area contributed by atoms with Gasteiger partial charge in [0.2, 0.25) is 11.8 Å². The first-order chi connectivity index (χ1) is 11.7. The van der Waals surface area contributed by atoms with E-state index in [2.05, 4.69) is 32.6 Å². The monoisotopic (exact) mass is 346 g/mol. The molecule has 0 radical (unpaired) electrons. The van der Waals surface area contributed by atoms with Crippen LogP contribution in [0.5, 0.6) is 0 Å². The predicted molar refractivity (Wildman–Crippen MR) is 97.8 cm³/mol. The second kappa shape index (κ2) is 5.47. The van der Waals surface area contributed by atoms with E-state index in [1.807, 2.05) is 4.90 Å². The SMILES string of the molecule is CC1(C)C(C(=O)N2CCC3(CCCN(CC4CCC4)C3=O)C2)C1(C)C. The summed E-state index contributed by atoms with van der Waals surface area (Å²) < 4.78 is 0. The molecule has 1 atom stereocenters. The van der Waals surface area contributed by atoms with Crippen LogP contribution in [0.3, 0.4) is 0 Å². The van der Waals surface area contributed by atoms with Gasteiger partial charge in [-0.1, -0.05) is 34.1 Å². The third-order valence-corrected chi connectivity index (χ3v) is 8.46. The summed E-state index contributed by atoms with van der Waals surface area (Å²) in [5.41, 5.74) is -0.125. The smallest absolute Gasteiger partial charge is 0.230 e. The molecule has 4 nitrogen and oxygen atoms in total. The summed E-state index contributed by atoms with van der Waals surface area (Å²) in [6.45, 7) is 12.1. The lowest BCUT2D eigenvalue weighted by molar-refractivity contribution is -0.147. The molecule has 0 aromatic heterocycles. The minimum absolute atomic E-state index is 0.0761. The lowest BCUT2D eigenvalue weighted by Gasteiger charge is -2.42. The number of hydrogen-bond acceptors (Lipinski definition) is 2. The van der Waals surface area contributed by atoms with Gasteiger partial charge >= 0.3 is 0 Å². The molecule has 4 heteroatoms. The quantitative estimate of drug-likeness (QED) is 0.786. The van der Waals surface area contributed by atoms with E-state index < -0.39 is 0 Å². The number of hydrogen-bond donors (Lipinski definition) is 0. The van der Waals surface area contributed by atoms with Crippen LogP contribution >= 0.6 is 0 Å². The molecule has 4 aliphatic rings. The van der Waals surface area contributed by atoms with Crippen molar-refractivity contribution < 1.29 is 9.59 Å². The van der Waals surface area contributed by atoms with Gasteiger partial charge in [-0.25, -0.2) is 0 Å². The molecule has 4 rings (SSSR count). The zero-order chi connectivity index (χ0) is 18.0. The van der Waals surface area contributed by atoms with Crippen molar-refractivity contribution in [1.82, 2.24) is 9.80 Å². The molecule has 1 spiro atoms. The van der Waals surface area contributed by atoms with Crippen molar-refractivity contribution in [2.24, 2.45) is 28.1 Å². The Morgan fingerprint density at radius 2 is 1.72 bits per heavy atom. The first kappa shape index (κ1) is 17.4. The molecule has 0 aromatic rings. The number of rotatable bonds is 3. The molecule has 140 valence electrons. The molecule has 2 amide bonds. The molecule has 2 heterocycles. The molecular formula is C21H34N2O2. The van der Waals surface area contributed by atoms with E-state index in [-0.39, 0.29) is 28.1 Å². The topological polar surface area (TPSA) is 40.6 Å². The molecule has 25 heavy (non-hydrogen) atoms. The van der Waals surface area contributed by atoms with Gasteiger partial charge in [0.25, 0.3) is 0 Å². The van der Waals surface area contributed by atoms with Crippen LogP contribution < -0.4 is 0 Å². The summed E-state index contributed by atoms with van der Waals surface area (Å²) in [6, 6.07) is 0. The van der Waals surface area contributed by atoms with Crippen LogP contribution in [-0.2, 0) is 9.59 Å². The van der Waals surface area contributed by atoms with E-state index in [9.17, 15) is 9.59 Å². The average molecular weight is 347 g/mol. The fourth-order valence-corrected chi connectivity index (χ4v) is 5.75. The van der Waals surface area contributed by atoms with Gasteiger partial charge in [-0.2, -0.15) is 0 Å². The van der Waals surface area contributed by atoms with Crippen LogP contribution in [-0.4, -0.2) is 47.8 Å². The minimum Gasteiger partial charge on any atom is -0.342 e. The number of carbonyl (C=O) groups is 2. The van der Waals surface area contributed by atoms with Gasteiger partial charge in [-0.15, -0.1) is 0 Å². The van der Waals surface area contributed by atoms with Gasteiger partial charge in [0.15, 0.2) is 0 Å². The lowest BCUT2D eigenvalue weighted by Crippen LogP contribution is -2.52. The van der Waals surface area contributed by atoms with Crippen LogP contribution in [0.15, 0.2) is 0 Å². The van der Waals surface area contributed by atoms with E-state index >= 15 is 0 Å². The Morgan fingerprint density at radius 1 is 1.04 bits per heavy atom. The number of nitrogens with zero attached hydrogens (tertiary/aromatic N) is 2. The van der Waals surface area contributed by atoms with Gasteiger partial charge in [0.1, 0.15) is 0 Å². The Balaban J connectivity index is 1.44. The first-order valence-electron chi connectivity index (χ1n) is 10.3. The van der Waals surface area contributed by atoms with Crippen molar-refractivity contribution in [3.63, 3.8) is 0 Å². The summed E-state index contributed by atoms with van der Waals surface area (Å²) in [6.07, 6.45) is 6.83. The van der Waals surface area contributed by atoms with Crippen molar-refractivity contribution in [3.8, 4) is 0 Å². The predicted octanol–water partition coefficient (Wildman–Crippen LogP) is 3.31. The zero-order valence-corrected chi connectivity index (χ0v) is 16.4. The van der Waals surface area contributed by atoms with Crippen molar-refractivity contribution in [2.45, 2.75) is 66.2 Å². The Labute approximate surface area is 152 Å². The van der Waals surface area contributed by atoms with Crippen LogP contribution in [0.2, 0.25) is 0 Å². The molecule has 2 aliphatic carbocycles. The minimum atomic E-state index is -0.277. The van der Waals surface area contributed by atoms with Gasteiger partial charge in [0.05, 0.1) is 5.41 Å². The third kappa shape index (κ3) is 2.46. The van der Waals surface area contributed by atoms with Gasteiger partial charge in [0, 0.05) is 32.1 Å². The highest BCUT2D eigenvalue weighted by Crippen LogP contribution is 2.69. The number of carbonyl (C=O) groups excluding carboxylic acids is 2. The van der Waals surface area contributed by atoms with Gasteiger partial charge in [-0.3, -0.25) is 9.59 Å². The highest BCUT2D eigenvalue weighted by atomic mass is 16.2. The van der Waals surface area contributed by atoms with Crippen LogP contribution in [0, 0.1) is 28.1 Å². The fraction of sp³-hybridized carbons (Fsp3) is 0.905. The molecule has 4 fully saturated rings. The molecular weight excluding hydrogens is 312 g/mol. The number of piperidine rings is 1. The highest BCUT2D eigenvalue weighted by molar-refractivity contribution is 5.88. The van der Waals surface area contributed by atoms with E-state index in [1.165, 1.54) is 19.3 Å². The summed E-state index contributed by atoms with van der Waals surface area (Å²) >= 11 is 0. The van der Waals surface area contributed by atoms with Crippen LogP contribution in [0.1, 0.15) is 66.2 Å². The van der Waals surface area contributed by atoms with E-state index in [0.717, 1.165) is 44.8 Å². The zero-order valence-electron chi connectivity index (χ0n) is 16.4. The Bertz CT molecular complexity index is 579. The molecule has 2 aliphatic heterocycles. The second-order valence-electron chi connectivity index (χ2n) is 10.3. The molecule has 1 unspecified atom stereocenters. The van der Waals surface area contributed by atoms with Crippen molar-refractivity contribution in [2.75, 3.05) is 26.2 Å². The standard InChI is InChI=1S/C21H34N2O2/c1-19(2)16(20(19,3)4)17(24)23-12-10-21(14-23)9-6-11-22(18(21)25)13-15-7-5-8-15/h15-16H,5-14H2,1-4H3. The van der Waals surface area contributed by atoms with Crippen LogP contribution in [0.25, 0.3) is 0 Å². The Morgan fingerprint density at radius 3 is 2.28 bits per heavy atom. The molecule has 0 aromatic carbocycles. The fourth-order valence-electron chi connectivity index (χ4n) is 5.75. The lowest BCUT2D eigenvalue weighted by atomic mass is 9.77. The van der Waals surface area contributed by atoms with E-state index in [1.54, 1.807) is 0 Å². The maximum atomic E-state index is 13.2. The molecule has 0 bridgehead atoms.